The Hall–Kier alpha value is -2.15. The molecular formula is C20H25ClN3O2S+. The minimum absolute atomic E-state index is 0.0128. The molecule has 0 radical (unpaired) electrons. The van der Waals surface area contributed by atoms with Crippen LogP contribution in [0.5, 0.6) is 0 Å². The number of likely N-dealkylation sites (N-methyl/N-ethyl adjacent to an activating group) is 1. The third-order valence-electron chi connectivity index (χ3n) is 4.03. The van der Waals surface area contributed by atoms with Crippen molar-refractivity contribution in [2.75, 3.05) is 32.0 Å². The fourth-order valence-corrected chi connectivity index (χ4v) is 3.75. The molecule has 0 bridgehead atoms. The molecule has 0 saturated heterocycles. The normalized spacial score (nSPS) is 11.7. The fourth-order valence-electron chi connectivity index (χ4n) is 2.59. The van der Waals surface area contributed by atoms with Gasteiger partial charge in [0.05, 0.1) is 22.3 Å². The minimum Gasteiger partial charge on any atom is -0.332 e. The fraction of sp³-hybridized carbons (Fsp3) is 0.300. The van der Waals surface area contributed by atoms with Crippen molar-refractivity contribution < 1.29 is 14.5 Å². The SMILES string of the molecule is C=CC[NH+](CC(=O)N(C)CC(=O)Nc1ccc(C)cc1)Cc1ccc(Cl)s1. The Morgan fingerprint density at radius 1 is 1.26 bits per heavy atom. The van der Waals surface area contributed by atoms with Crippen molar-refractivity contribution in [3.05, 3.63) is 63.8 Å². The summed E-state index contributed by atoms with van der Waals surface area (Å²) in [5.41, 5.74) is 1.84. The molecule has 2 N–H and O–H groups in total. The van der Waals surface area contributed by atoms with E-state index in [0.717, 1.165) is 25.4 Å². The van der Waals surface area contributed by atoms with Crippen LogP contribution in [0.2, 0.25) is 4.34 Å². The molecule has 1 heterocycles. The minimum atomic E-state index is -0.218. The highest BCUT2D eigenvalue weighted by atomic mass is 35.5. The van der Waals surface area contributed by atoms with E-state index in [1.54, 1.807) is 13.1 Å². The second-order valence-electron chi connectivity index (χ2n) is 6.47. The van der Waals surface area contributed by atoms with Crippen LogP contribution in [0.1, 0.15) is 10.4 Å². The molecular weight excluding hydrogens is 382 g/mol. The Labute approximate surface area is 169 Å². The summed E-state index contributed by atoms with van der Waals surface area (Å²) in [7, 11) is 1.64. The average molecular weight is 407 g/mol. The maximum Gasteiger partial charge on any atom is 0.277 e. The van der Waals surface area contributed by atoms with Gasteiger partial charge >= 0.3 is 0 Å². The van der Waals surface area contributed by atoms with Gasteiger partial charge in [0.15, 0.2) is 6.54 Å². The van der Waals surface area contributed by atoms with Crippen LogP contribution in [0, 0.1) is 6.92 Å². The number of benzene rings is 1. The van der Waals surface area contributed by atoms with Gasteiger partial charge in [-0.1, -0.05) is 35.9 Å². The van der Waals surface area contributed by atoms with Crippen LogP contribution in [0.15, 0.2) is 49.1 Å². The molecule has 0 saturated carbocycles. The Bertz CT molecular complexity index is 789. The number of thiophene rings is 1. The number of quaternary nitrogens is 1. The van der Waals surface area contributed by atoms with Crippen LogP contribution in [-0.2, 0) is 16.1 Å². The van der Waals surface area contributed by atoms with Crippen LogP contribution in [0.25, 0.3) is 0 Å². The molecule has 1 aromatic heterocycles. The number of hydrogen-bond donors (Lipinski definition) is 2. The molecule has 7 heteroatoms. The number of nitrogens with one attached hydrogen (secondary N) is 2. The van der Waals surface area contributed by atoms with E-state index in [1.165, 1.54) is 16.2 Å². The molecule has 1 atom stereocenters. The van der Waals surface area contributed by atoms with Gasteiger partial charge < -0.3 is 15.1 Å². The number of rotatable bonds is 9. The highest BCUT2D eigenvalue weighted by molar-refractivity contribution is 7.16. The lowest BCUT2D eigenvalue weighted by atomic mass is 10.2. The van der Waals surface area contributed by atoms with E-state index in [2.05, 4.69) is 11.9 Å². The van der Waals surface area contributed by atoms with Gasteiger partial charge in [0, 0.05) is 12.7 Å². The van der Waals surface area contributed by atoms with Gasteiger partial charge in [-0.3, -0.25) is 9.59 Å². The monoisotopic (exact) mass is 406 g/mol. The van der Waals surface area contributed by atoms with E-state index in [9.17, 15) is 9.59 Å². The van der Waals surface area contributed by atoms with E-state index >= 15 is 0 Å². The third-order valence-corrected chi connectivity index (χ3v) is 5.26. The summed E-state index contributed by atoms with van der Waals surface area (Å²) in [5.74, 6) is -0.307. The number of halogens is 1. The van der Waals surface area contributed by atoms with Gasteiger partial charge in [0.1, 0.15) is 6.54 Å². The van der Waals surface area contributed by atoms with Gasteiger partial charge in [-0.2, -0.15) is 0 Å². The summed E-state index contributed by atoms with van der Waals surface area (Å²) in [4.78, 5) is 28.3. The molecule has 27 heavy (non-hydrogen) atoms. The van der Waals surface area contributed by atoms with E-state index < -0.39 is 0 Å². The zero-order chi connectivity index (χ0) is 19.8. The van der Waals surface area contributed by atoms with Crippen molar-refractivity contribution in [2.45, 2.75) is 13.5 Å². The lowest BCUT2D eigenvalue weighted by Gasteiger charge is -2.21. The van der Waals surface area contributed by atoms with Crippen LogP contribution < -0.4 is 10.2 Å². The summed E-state index contributed by atoms with van der Waals surface area (Å²) in [6.07, 6.45) is 1.79. The van der Waals surface area contributed by atoms with Crippen molar-refractivity contribution in [3.8, 4) is 0 Å². The average Bonchev–Trinajstić information content (AvgIpc) is 3.01. The maximum atomic E-state index is 12.5. The Balaban J connectivity index is 1.86. The number of amides is 2. The van der Waals surface area contributed by atoms with E-state index in [-0.39, 0.29) is 24.9 Å². The van der Waals surface area contributed by atoms with Crippen molar-refractivity contribution in [1.82, 2.24) is 4.90 Å². The Kier molecular flexibility index (Phi) is 8.03. The molecule has 2 aromatic rings. The Morgan fingerprint density at radius 3 is 2.56 bits per heavy atom. The quantitative estimate of drug-likeness (QED) is 0.628. The van der Waals surface area contributed by atoms with Crippen molar-refractivity contribution >= 4 is 40.4 Å². The highest BCUT2D eigenvalue weighted by Gasteiger charge is 2.19. The van der Waals surface area contributed by atoms with Crippen LogP contribution >= 0.6 is 22.9 Å². The molecule has 1 unspecified atom stereocenters. The third kappa shape index (κ3) is 7.17. The molecule has 144 valence electrons. The summed E-state index contributed by atoms with van der Waals surface area (Å²) in [6.45, 7) is 7.40. The maximum absolute atomic E-state index is 12.5. The van der Waals surface area contributed by atoms with Gasteiger partial charge in [-0.15, -0.1) is 11.3 Å². The number of carbonyl (C=O) groups is 2. The van der Waals surface area contributed by atoms with Crippen LogP contribution in [-0.4, -0.2) is 43.4 Å². The molecule has 0 aliphatic heterocycles. The zero-order valence-corrected chi connectivity index (χ0v) is 17.2. The number of carbonyl (C=O) groups excluding carboxylic acids is 2. The first-order valence-electron chi connectivity index (χ1n) is 8.66. The second-order valence-corrected chi connectivity index (χ2v) is 8.27. The van der Waals surface area contributed by atoms with Crippen LogP contribution in [0.4, 0.5) is 5.69 Å². The molecule has 5 nitrogen and oxygen atoms in total. The number of nitrogens with zero attached hydrogens (tertiary/aromatic N) is 1. The van der Waals surface area contributed by atoms with Crippen molar-refractivity contribution in [1.29, 1.82) is 0 Å². The zero-order valence-electron chi connectivity index (χ0n) is 15.6. The van der Waals surface area contributed by atoms with E-state index in [0.29, 0.717) is 13.1 Å². The molecule has 2 rings (SSSR count). The van der Waals surface area contributed by atoms with Gasteiger partial charge in [-0.05, 0) is 37.3 Å². The first-order chi connectivity index (χ1) is 12.9. The molecule has 1 aromatic carbocycles. The molecule has 0 spiro atoms. The smallest absolute Gasteiger partial charge is 0.277 e. The van der Waals surface area contributed by atoms with E-state index in [4.69, 9.17) is 11.6 Å². The van der Waals surface area contributed by atoms with Gasteiger partial charge in [0.2, 0.25) is 5.91 Å². The summed E-state index contributed by atoms with van der Waals surface area (Å²) in [5, 5.41) is 2.81. The van der Waals surface area contributed by atoms with Gasteiger partial charge in [-0.25, -0.2) is 0 Å². The molecule has 0 aliphatic rings. The second kappa shape index (κ2) is 10.3. The van der Waals surface area contributed by atoms with Crippen molar-refractivity contribution in [2.24, 2.45) is 0 Å². The number of hydrogen-bond acceptors (Lipinski definition) is 3. The molecule has 0 aliphatic carbocycles. The van der Waals surface area contributed by atoms with Gasteiger partial charge in [0.25, 0.3) is 5.91 Å². The molecule has 0 fully saturated rings. The lowest BCUT2D eigenvalue weighted by Crippen LogP contribution is -3.11. The lowest BCUT2D eigenvalue weighted by molar-refractivity contribution is -0.900. The Morgan fingerprint density at radius 2 is 1.96 bits per heavy atom. The summed E-state index contributed by atoms with van der Waals surface area (Å²) >= 11 is 7.49. The standard InChI is InChI=1S/C20H24ClN3O2S/c1-4-11-24(12-17-9-10-18(21)27-17)14-20(26)23(3)13-19(25)22-16-7-5-15(2)6-8-16/h4-10H,1,11-14H2,2-3H3,(H,22,25)/p+1. The predicted octanol–water partition coefficient (Wildman–Crippen LogP) is 2.38. The highest BCUT2D eigenvalue weighted by Crippen LogP contribution is 2.20. The molecule has 2 amide bonds. The topological polar surface area (TPSA) is 53.9 Å². The van der Waals surface area contributed by atoms with Crippen molar-refractivity contribution in [3.63, 3.8) is 0 Å². The number of anilines is 1. The largest absolute Gasteiger partial charge is 0.332 e. The first kappa shape index (κ1) is 21.2. The van der Waals surface area contributed by atoms with Crippen LogP contribution in [0.3, 0.4) is 0 Å². The summed E-state index contributed by atoms with van der Waals surface area (Å²) < 4.78 is 0.735. The van der Waals surface area contributed by atoms with E-state index in [1.807, 2.05) is 43.3 Å². The number of aryl methyl sites for hydroxylation is 1. The first-order valence-corrected chi connectivity index (χ1v) is 9.86. The summed E-state index contributed by atoms with van der Waals surface area (Å²) in [6, 6.07) is 11.4. The predicted molar refractivity (Wildman–Crippen MR) is 111 cm³/mol.